The second-order valence-electron chi connectivity index (χ2n) is 13.7. The largest absolute Gasteiger partial charge is 0.457 e. The molecule has 2 aromatic heterocycles. The van der Waals surface area contributed by atoms with Crippen LogP contribution in [0.25, 0.3) is 65.8 Å². The van der Waals surface area contributed by atoms with Crippen LogP contribution in [0.1, 0.15) is 22.3 Å². The number of rotatable bonds is 1. The summed E-state index contributed by atoms with van der Waals surface area (Å²) in [7, 11) is 0. The maximum atomic E-state index is 7.01. The minimum absolute atomic E-state index is 0.606. The van der Waals surface area contributed by atoms with Gasteiger partial charge in [0.1, 0.15) is 11.5 Å². The zero-order chi connectivity index (χ0) is 32.6. The van der Waals surface area contributed by atoms with Gasteiger partial charge in [-0.15, -0.1) is 0 Å². The zero-order valence-corrected chi connectivity index (χ0v) is 27.0. The fourth-order valence-corrected chi connectivity index (χ4v) is 9.38. The molecule has 0 bridgehead atoms. The van der Waals surface area contributed by atoms with Crippen molar-refractivity contribution in [2.45, 2.75) is 5.41 Å². The summed E-state index contributed by atoms with van der Waals surface area (Å²) in [5, 5.41) is 7.44. The van der Waals surface area contributed by atoms with Gasteiger partial charge in [0, 0.05) is 44.4 Å². The second-order valence-corrected chi connectivity index (χ2v) is 13.7. The van der Waals surface area contributed by atoms with Gasteiger partial charge in [0.2, 0.25) is 0 Å². The van der Waals surface area contributed by atoms with Gasteiger partial charge >= 0.3 is 0 Å². The van der Waals surface area contributed by atoms with Gasteiger partial charge in [0.25, 0.3) is 0 Å². The van der Waals surface area contributed by atoms with E-state index in [2.05, 4.69) is 179 Å². The molecule has 3 nitrogen and oxygen atoms in total. The molecule has 1 atom stereocenters. The van der Waals surface area contributed by atoms with Crippen LogP contribution in [0, 0.1) is 0 Å². The maximum Gasteiger partial charge on any atom is 0.134 e. The summed E-state index contributed by atoms with van der Waals surface area (Å²) in [4.78, 5) is 0. The first-order chi connectivity index (χ1) is 24.8. The van der Waals surface area contributed by atoms with Crippen molar-refractivity contribution in [3.8, 4) is 22.9 Å². The van der Waals surface area contributed by atoms with Gasteiger partial charge in [-0.05, 0) is 64.4 Å². The first-order valence-corrected chi connectivity index (χ1v) is 17.3. The summed E-state index contributed by atoms with van der Waals surface area (Å²) in [6.07, 6.45) is 0. The minimum Gasteiger partial charge on any atom is -0.457 e. The Hall–Kier alpha value is -6.58. The Morgan fingerprint density at radius 2 is 1.04 bits per heavy atom. The van der Waals surface area contributed by atoms with Crippen LogP contribution in [0.2, 0.25) is 0 Å². The summed E-state index contributed by atoms with van der Waals surface area (Å²) in [5.74, 6) is 1.78. The quantitative estimate of drug-likeness (QED) is 0.175. The van der Waals surface area contributed by atoms with E-state index in [-0.39, 0.29) is 0 Å². The number of para-hydroxylation sites is 5. The molecule has 1 spiro atoms. The van der Waals surface area contributed by atoms with Crippen LogP contribution in [-0.4, -0.2) is 9.13 Å². The fourth-order valence-electron chi connectivity index (χ4n) is 9.38. The van der Waals surface area contributed by atoms with E-state index in [1.807, 2.05) is 0 Å². The lowest BCUT2D eigenvalue weighted by Crippen LogP contribution is -2.37. The summed E-state index contributed by atoms with van der Waals surface area (Å²) in [6.45, 7) is 0. The van der Waals surface area contributed by atoms with Crippen molar-refractivity contribution in [2.24, 2.45) is 0 Å². The molecule has 10 aromatic rings. The molecule has 0 saturated carbocycles. The third-order valence-electron chi connectivity index (χ3n) is 11.3. The van der Waals surface area contributed by atoms with Crippen molar-refractivity contribution in [1.29, 1.82) is 0 Å². The van der Waals surface area contributed by atoms with Crippen molar-refractivity contribution in [1.82, 2.24) is 9.13 Å². The lowest BCUT2D eigenvalue weighted by Gasteiger charge is -2.45. The van der Waals surface area contributed by atoms with Crippen LogP contribution in [0.15, 0.2) is 170 Å². The predicted octanol–water partition coefficient (Wildman–Crippen LogP) is 11.8. The van der Waals surface area contributed by atoms with Crippen LogP contribution >= 0.6 is 0 Å². The standard InChI is InChI=1S/C47H28N2O/c1-2-13-30-26-31(25-24-29(30)12-1)48-40-20-7-4-15-33(40)35-27-39-45(28-43(35)48)50-44-23-10-6-18-37(44)47(39)36-17-5-9-22-42(36)49-41-21-8-3-14-32(41)34-16-11-19-38(47)46(34)49/h1-28H. The molecule has 0 saturated heterocycles. The van der Waals surface area contributed by atoms with Gasteiger partial charge in [-0.2, -0.15) is 0 Å². The number of fused-ring (bicyclic) bond motifs is 15. The molecule has 232 valence electrons. The third kappa shape index (κ3) is 3.11. The van der Waals surface area contributed by atoms with Crippen LogP contribution in [0.4, 0.5) is 0 Å². The Morgan fingerprint density at radius 1 is 0.380 bits per heavy atom. The molecule has 4 heterocycles. The Bertz CT molecular complexity index is 3090. The molecule has 0 fully saturated rings. The van der Waals surface area contributed by atoms with Crippen molar-refractivity contribution in [2.75, 3.05) is 0 Å². The van der Waals surface area contributed by atoms with Gasteiger partial charge in [-0.3, -0.25) is 0 Å². The summed E-state index contributed by atoms with van der Waals surface area (Å²) >= 11 is 0. The molecule has 2 aliphatic rings. The molecule has 8 aromatic carbocycles. The predicted molar refractivity (Wildman–Crippen MR) is 205 cm³/mol. The van der Waals surface area contributed by atoms with Gasteiger partial charge in [0.05, 0.1) is 33.2 Å². The van der Waals surface area contributed by atoms with Crippen LogP contribution in [-0.2, 0) is 5.41 Å². The Kier molecular flexibility index (Phi) is 4.91. The van der Waals surface area contributed by atoms with E-state index in [0.29, 0.717) is 0 Å². The molecule has 0 radical (unpaired) electrons. The second kappa shape index (κ2) is 9.31. The highest BCUT2D eigenvalue weighted by Crippen LogP contribution is 2.61. The van der Waals surface area contributed by atoms with E-state index in [0.717, 1.165) is 22.7 Å². The molecule has 0 aliphatic carbocycles. The van der Waals surface area contributed by atoms with Crippen LogP contribution < -0.4 is 4.74 Å². The molecule has 12 rings (SSSR count). The van der Waals surface area contributed by atoms with Crippen molar-refractivity contribution in [3.05, 3.63) is 192 Å². The maximum absolute atomic E-state index is 7.01. The average molecular weight is 637 g/mol. The third-order valence-corrected chi connectivity index (χ3v) is 11.3. The number of aromatic nitrogens is 2. The van der Waals surface area contributed by atoms with Crippen LogP contribution in [0.3, 0.4) is 0 Å². The highest BCUT2D eigenvalue weighted by molar-refractivity contribution is 6.13. The summed E-state index contributed by atoms with van der Waals surface area (Å²) in [5.41, 5.74) is 11.4. The average Bonchev–Trinajstić information content (AvgIpc) is 3.69. The van der Waals surface area contributed by atoms with Crippen LogP contribution in [0.5, 0.6) is 11.5 Å². The summed E-state index contributed by atoms with van der Waals surface area (Å²) < 4.78 is 11.9. The van der Waals surface area contributed by atoms with Crippen molar-refractivity contribution < 1.29 is 4.74 Å². The number of nitrogens with zero attached hydrogens (tertiary/aromatic N) is 2. The van der Waals surface area contributed by atoms with Crippen molar-refractivity contribution >= 4 is 54.4 Å². The molecule has 1 unspecified atom stereocenters. The normalized spacial score (nSPS) is 15.8. The first kappa shape index (κ1) is 26.4. The number of hydrogen-bond acceptors (Lipinski definition) is 1. The lowest BCUT2D eigenvalue weighted by atomic mass is 9.61. The molecular formula is C47H28N2O. The lowest BCUT2D eigenvalue weighted by molar-refractivity contribution is 0.435. The monoisotopic (exact) mass is 636 g/mol. The number of hydrogen-bond donors (Lipinski definition) is 0. The molecular weight excluding hydrogens is 609 g/mol. The summed E-state index contributed by atoms with van der Waals surface area (Å²) in [6, 6.07) is 62.2. The fraction of sp³-hybridized carbons (Fsp3) is 0.0213. The Morgan fingerprint density at radius 3 is 1.92 bits per heavy atom. The minimum atomic E-state index is -0.606. The van der Waals surface area contributed by atoms with E-state index in [1.165, 1.54) is 76.8 Å². The van der Waals surface area contributed by atoms with E-state index < -0.39 is 5.41 Å². The molecule has 3 heteroatoms. The van der Waals surface area contributed by atoms with Gasteiger partial charge < -0.3 is 13.9 Å². The van der Waals surface area contributed by atoms with E-state index in [4.69, 9.17) is 4.74 Å². The Balaban J connectivity index is 1.26. The molecule has 0 amide bonds. The van der Waals surface area contributed by atoms with Gasteiger partial charge in [-0.1, -0.05) is 121 Å². The van der Waals surface area contributed by atoms with E-state index >= 15 is 0 Å². The van der Waals surface area contributed by atoms with E-state index in [1.54, 1.807) is 0 Å². The highest BCUT2D eigenvalue weighted by Gasteiger charge is 2.50. The van der Waals surface area contributed by atoms with Crippen molar-refractivity contribution in [3.63, 3.8) is 0 Å². The smallest absolute Gasteiger partial charge is 0.134 e. The number of ether oxygens (including phenoxy) is 1. The number of benzene rings is 8. The topological polar surface area (TPSA) is 19.1 Å². The first-order valence-electron chi connectivity index (χ1n) is 17.3. The highest BCUT2D eigenvalue weighted by atomic mass is 16.5. The SMILES string of the molecule is c1ccc2c(c1)Oc1cc3c(cc1C21c2ccccc2-n2c4ccccc4c4cccc1c42)c1ccccc1n3-c1ccc2ccccc2c1. The molecule has 50 heavy (non-hydrogen) atoms. The Labute approximate surface area is 287 Å². The molecule has 2 aliphatic heterocycles. The zero-order valence-electron chi connectivity index (χ0n) is 27.0. The van der Waals surface area contributed by atoms with E-state index in [9.17, 15) is 0 Å². The van der Waals surface area contributed by atoms with Gasteiger partial charge in [-0.25, -0.2) is 0 Å². The molecule has 0 N–H and O–H groups in total. The van der Waals surface area contributed by atoms with Gasteiger partial charge in [0.15, 0.2) is 0 Å².